The molecule has 104 valence electrons. The summed E-state index contributed by atoms with van der Waals surface area (Å²) < 4.78 is 18.3. The summed E-state index contributed by atoms with van der Waals surface area (Å²) >= 11 is 0. The number of benzene rings is 2. The highest BCUT2D eigenvalue weighted by Crippen LogP contribution is 2.17. The lowest BCUT2D eigenvalue weighted by Crippen LogP contribution is -2.13. The summed E-state index contributed by atoms with van der Waals surface area (Å²) in [5.41, 5.74) is 1.73. The number of halogens is 1. The zero-order chi connectivity index (χ0) is 14.5. The molecule has 0 spiro atoms. The van der Waals surface area contributed by atoms with Gasteiger partial charge in [0.25, 0.3) is 5.91 Å². The van der Waals surface area contributed by atoms with E-state index in [-0.39, 0.29) is 11.7 Å². The molecule has 3 nitrogen and oxygen atoms in total. The quantitative estimate of drug-likeness (QED) is 0.920. The predicted octanol–water partition coefficient (Wildman–Crippen LogP) is 3.79. The molecule has 0 atom stereocenters. The Kier molecular flexibility index (Phi) is 4.35. The maximum absolute atomic E-state index is 13.0. The summed E-state index contributed by atoms with van der Waals surface area (Å²) in [5.74, 6) is 0.148. The first-order chi connectivity index (χ1) is 9.60. The van der Waals surface area contributed by atoms with Crippen molar-refractivity contribution in [3.8, 4) is 5.75 Å². The van der Waals surface area contributed by atoms with Gasteiger partial charge in [0.1, 0.15) is 11.6 Å². The summed E-state index contributed by atoms with van der Waals surface area (Å²) in [6.07, 6.45) is 0. The lowest BCUT2D eigenvalue weighted by atomic mass is 10.1. The number of carbonyl (C=O) groups is 1. The van der Waals surface area contributed by atoms with Gasteiger partial charge in [-0.1, -0.05) is 0 Å². The Bertz CT molecular complexity index is 608. The summed E-state index contributed by atoms with van der Waals surface area (Å²) in [6.45, 7) is 4.21. The zero-order valence-corrected chi connectivity index (χ0v) is 11.4. The van der Waals surface area contributed by atoms with Crippen LogP contribution in [0.25, 0.3) is 0 Å². The van der Waals surface area contributed by atoms with Crippen LogP contribution in [0.2, 0.25) is 0 Å². The van der Waals surface area contributed by atoms with Gasteiger partial charge >= 0.3 is 0 Å². The summed E-state index contributed by atoms with van der Waals surface area (Å²) in [4.78, 5) is 12.1. The topological polar surface area (TPSA) is 38.3 Å². The minimum atomic E-state index is -0.347. The van der Waals surface area contributed by atoms with Crippen molar-refractivity contribution in [2.45, 2.75) is 13.8 Å². The molecule has 0 heterocycles. The van der Waals surface area contributed by atoms with Crippen LogP contribution in [0.3, 0.4) is 0 Å². The smallest absolute Gasteiger partial charge is 0.255 e. The van der Waals surface area contributed by atoms with E-state index in [1.807, 2.05) is 6.92 Å². The van der Waals surface area contributed by atoms with Crippen molar-refractivity contribution in [3.63, 3.8) is 0 Å². The van der Waals surface area contributed by atoms with E-state index in [1.54, 1.807) is 31.2 Å². The summed E-state index contributed by atoms with van der Waals surface area (Å²) in [6, 6.07) is 11.2. The number of hydrogen-bond acceptors (Lipinski definition) is 2. The Morgan fingerprint density at radius 3 is 2.50 bits per heavy atom. The van der Waals surface area contributed by atoms with E-state index < -0.39 is 0 Å². The third-order valence-corrected chi connectivity index (χ3v) is 2.86. The number of amides is 1. The molecule has 4 heteroatoms. The molecule has 0 saturated carbocycles. The van der Waals surface area contributed by atoms with Crippen molar-refractivity contribution in [2.24, 2.45) is 0 Å². The van der Waals surface area contributed by atoms with Crippen molar-refractivity contribution in [2.75, 3.05) is 11.9 Å². The van der Waals surface area contributed by atoms with E-state index in [0.717, 1.165) is 5.75 Å². The average Bonchev–Trinajstić information content (AvgIpc) is 2.41. The first-order valence-electron chi connectivity index (χ1n) is 6.40. The molecule has 1 amide bonds. The van der Waals surface area contributed by atoms with Crippen LogP contribution < -0.4 is 10.1 Å². The summed E-state index contributed by atoms with van der Waals surface area (Å²) in [5, 5.41) is 2.77. The number of ether oxygens (including phenoxy) is 1. The minimum Gasteiger partial charge on any atom is -0.494 e. The monoisotopic (exact) mass is 273 g/mol. The number of hydrogen-bond donors (Lipinski definition) is 1. The maximum atomic E-state index is 13.0. The van der Waals surface area contributed by atoms with Gasteiger partial charge in [0.05, 0.1) is 6.61 Å². The Morgan fingerprint density at radius 1 is 1.20 bits per heavy atom. The second-order valence-electron chi connectivity index (χ2n) is 4.37. The fraction of sp³-hybridized carbons (Fsp3) is 0.188. The molecule has 0 aliphatic heterocycles. The molecule has 0 aliphatic rings. The van der Waals surface area contributed by atoms with Crippen LogP contribution in [-0.2, 0) is 0 Å². The van der Waals surface area contributed by atoms with Gasteiger partial charge in [-0.05, 0) is 61.9 Å². The van der Waals surface area contributed by atoms with E-state index in [1.165, 1.54) is 18.2 Å². The predicted molar refractivity (Wildman–Crippen MR) is 76.7 cm³/mol. The van der Waals surface area contributed by atoms with Crippen molar-refractivity contribution >= 4 is 11.6 Å². The Balaban J connectivity index is 2.11. The molecule has 0 radical (unpaired) electrons. The highest BCUT2D eigenvalue weighted by atomic mass is 19.1. The van der Waals surface area contributed by atoms with Gasteiger partial charge in [-0.15, -0.1) is 0 Å². The zero-order valence-electron chi connectivity index (χ0n) is 11.4. The number of carbonyl (C=O) groups excluding carboxylic acids is 1. The molecule has 2 rings (SSSR count). The van der Waals surface area contributed by atoms with E-state index >= 15 is 0 Å². The number of anilines is 1. The highest BCUT2D eigenvalue weighted by molar-refractivity contribution is 6.05. The van der Waals surface area contributed by atoms with Gasteiger partial charge < -0.3 is 10.1 Å². The van der Waals surface area contributed by atoms with Crippen LogP contribution in [0.15, 0.2) is 42.5 Å². The number of nitrogens with one attached hydrogen (secondary N) is 1. The molecule has 0 unspecified atom stereocenters. The third-order valence-electron chi connectivity index (χ3n) is 2.86. The normalized spacial score (nSPS) is 10.2. The van der Waals surface area contributed by atoms with Crippen molar-refractivity contribution in [3.05, 3.63) is 59.4 Å². The van der Waals surface area contributed by atoms with Gasteiger partial charge in [0.2, 0.25) is 0 Å². The second kappa shape index (κ2) is 6.19. The Hall–Kier alpha value is -2.36. The Morgan fingerprint density at radius 2 is 1.90 bits per heavy atom. The first kappa shape index (κ1) is 14.1. The van der Waals surface area contributed by atoms with Crippen LogP contribution in [-0.4, -0.2) is 12.5 Å². The SMILES string of the molecule is CCOc1ccc(NC(=O)c2ccc(F)cc2C)cc1. The first-order valence-corrected chi connectivity index (χ1v) is 6.40. The van der Waals surface area contributed by atoms with Gasteiger partial charge in [-0.2, -0.15) is 0 Å². The second-order valence-corrected chi connectivity index (χ2v) is 4.37. The van der Waals surface area contributed by atoms with Crippen LogP contribution in [0.1, 0.15) is 22.8 Å². The maximum Gasteiger partial charge on any atom is 0.255 e. The molecule has 0 saturated heterocycles. The van der Waals surface area contributed by atoms with Gasteiger partial charge in [0.15, 0.2) is 0 Å². The van der Waals surface area contributed by atoms with E-state index in [9.17, 15) is 9.18 Å². The molecule has 0 aromatic heterocycles. The third kappa shape index (κ3) is 3.35. The molecular weight excluding hydrogens is 257 g/mol. The molecular formula is C16H16FNO2. The van der Waals surface area contributed by atoms with Crippen LogP contribution in [0.5, 0.6) is 5.75 Å². The number of rotatable bonds is 4. The largest absolute Gasteiger partial charge is 0.494 e. The van der Waals surface area contributed by atoms with E-state index in [2.05, 4.69) is 5.32 Å². The van der Waals surface area contributed by atoms with Crippen LogP contribution in [0, 0.1) is 12.7 Å². The fourth-order valence-electron chi connectivity index (χ4n) is 1.88. The van der Waals surface area contributed by atoms with Gasteiger partial charge in [-0.3, -0.25) is 4.79 Å². The average molecular weight is 273 g/mol. The standard InChI is InChI=1S/C16H16FNO2/c1-3-20-14-7-5-13(6-8-14)18-16(19)15-9-4-12(17)10-11(15)2/h4-10H,3H2,1-2H3,(H,18,19). The number of aryl methyl sites for hydroxylation is 1. The van der Waals surface area contributed by atoms with E-state index in [4.69, 9.17) is 4.74 Å². The van der Waals surface area contributed by atoms with Crippen LogP contribution in [0.4, 0.5) is 10.1 Å². The highest BCUT2D eigenvalue weighted by Gasteiger charge is 2.09. The van der Waals surface area contributed by atoms with Crippen molar-refractivity contribution in [1.82, 2.24) is 0 Å². The van der Waals surface area contributed by atoms with E-state index in [0.29, 0.717) is 23.4 Å². The lowest BCUT2D eigenvalue weighted by Gasteiger charge is -2.09. The molecule has 0 bridgehead atoms. The molecule has 2 aromatic carbocycles. The molecule has 20 heavy (non-hydrogen) atoms. The molecule has 1 N–H and O–H groups in total. The lowest BCUT2D eigenvalue weighted by molar-refractivity contribution is 0.102. The summed E-state index contributed by atoms with van der Waals surface area (Å²) in [7, 11) is 0. The van der Waals surface area contributed by atoms with Crippen LogP contribution >= 0.6 is 0 Å². The molecule has 2 aromatic rings. The van der Waals surface area contributed by atoms with Crippen molar-refractivity contribution < 1.29 is 13.9 Å². The molecule has 0 aliphatic carbocycles. The molecule has 0 fully saturated rings. The Labute approximate surface area is 117 Å². The fourth-order valence-corrected chi connectivity index (χ4v) is 1.88. The van der Waals surface area contributed by atoms with Crippen molar-refractivity contribution in [1.29, 1.82) is 0 Å². The van der Waals surface area contributed by atoms with Gasteiger partial charge in [0, 0.05) is 11.3 Å². The van der Waals surface area contributed by atoms with Gasteiger partial charge in [-0.25, -0.2) is 4.39 Å². The minimum absolute atomic E-state index is 0.258.